The number of imidazole rings is 1. The maximum atomic E-state index is 13.3. The molecule has 1 amide bonds. The largest absolute Gasteiger partial charge is 0.331 e. The normalized spacial score (nSPS) is 10.3. The van der Waals surface area contributed by atoms with E-state index in [1.54, 1.807) is 0 Å². The molecule has 0 aliphatic rings. The van der Waals surface area contributed by atoms with E-state index in [9.17, 15) is 13.6 Å². The van der Waals surface area contributed by atoms with E-state index < -0.39 is 17.7 Å². The minimum atomic E-state index is -0.848. The van der Waals surface area contributed by atoms with Crippen LogP contribution in [0.5, 0.6) is 0 Å². The summed E-state index contributed by atoms with van der Waals surface area (Å²) in [5.41, 5.74) is -0.114. The minimum absolute atomic E-state index is 0.0693. The van der Waals surface area contributed by atoms with Crippen molar-refractivity contribution < 1.29 is 13.6 Å². The van der Waals surface area contributed by atoms with E-state index in [2.05, 4.69) is 26.2 Å². The first-order valence-corrected chi connectivity index (χ1v) is 5.31. The molecule has 0 saturated carbocycles. The van der Waals surface area contributed by atoms with Gasteiger partial charge in [-0.05, 0) is 22.0 Å². The zero-order chi connectivity index (χ0) is 12.4. The summed E-state index contributed by atoms with van der Waals surface area (Å²) in [6.45, 7) is 0. The second kappa shape index (κ2) is 4.62. The first-order valence-electron chi connectivity index (χ1n) is 4.52. The van der Waals surface area contributed by atoms with Crippen molar-refractivity contribution in [1.82, 2.24) is 9.55 Å². The molecule has 88 valence electrons. The predicted molar refractivity (Wildman–Crippen MR) is 60.7 cm³/mol. The smallest absolute Gasteiger partial charge is 0.304 e. The van der Waals surface area contributed by atoms with Crippen LogP contribution in [0.25, 0.3) is 0 Å². The molecule has 4 nitrogen and oxygen atoms in total. The van der Waals surface area contributed by atoms with Crippen molar-refractivity contribution in [2.45, 2.75) is 0 Å². The summed E-state index contributed by atoms with van der Waals surface area (Å²) in [5, 5.41) is 2.29. The number of nitrogens with zero attached hydrogens (tertiary/aromatic N) is 2. The standard InChI is InChI=1S/C10H6BrF2N3O/c11-6-3-9(8(13)4-7(6)12)15-10(17)16-2-1-14-5-16/h1-5H,(H,15,17). The number of hydrogen-bond donors (Lipinski definition) is 1. The van der Waals surface area contributed by atoms with E-state index >= 15 is 0 Å². The Hall–Kier alpha value is -1.76. The second-order valence-electron chi connectivity index (χ2n) is 3.15. The van der Waals surface area contributed by atoms with E-state index in [0.29, 0.717) is 6.07 Å². The number of benzene rings is 1. The Balaban J connectivity index is 2.25. The van der Waals surface area contributed by atoms with Crippen LogP contribution in [0.4, 0.5) is 19.3 Å². The first kappa shape index (κ1) is 11.7. The van der Waals surface area contributed by atoms with Crippen LogP contribution in [-0.2, 0) is 0 Å². The summed E-state index contributed by atoms with van der Waals surface area (Å²) in [7, 11) is 0. The lowest BCUT2D eigenvalue weighted by Gasteiger charge is -2.07. The van der Waals surface area contributed by atoms with E-state index in [1.807, 2.05) is 0 Å². The monoisotopic (exact) mass is 301 g/mol. The van der Waals surface area contributed by atoms with Gasteiger partial charge in [-0.15, -0.1) is 0 Å². The Labute approximate surface area is 103 Å². The van der Waals surface area contributed by atoms with Crippen LogP contribution in [0.1, 0.15) is 0 Å². The Morgan fingerprint density at radius 2 is 2.12 bits per heavy atom. The van der Waals surface area contributed by atoms with Crippen LogP contribution in [-0.4, -0.2) is 15.6 Å². The van der Waals surface area contributed by atoms with Crippen molar-refractivity contribution in [2.24, 2.45) is 0 Å². The zero-order valence-corrected chi connectivity index (χ0v) is 9.91. The fraction of sp³-hybridized carbons (Fsp3) is 0. The van der Waals surface area contributed by atoms with Crippen molar-refractivity contribution in [3.05, 3.63) is 47.0 Å². The van der Waals surface area contributed by atoms with Crippen LogP contribution in [0.2, 0.25) is 0 Å². The number of anilines is 1. The number of rotatable bonds is 1. The maximum Gasteiger partial charge on any atom is 0.331 e. The highest BCUT2D eigenvalue weighted by Crippen LogP contribution is 2.23. The van der Waals surface area contributed by atoms with Crippen molar-refractivity contribution in [3.8, 4) is 0 Å². The molecule has 1 N–H and O–H groups in total. The summed E-state index contributed by atoms with van der Waals surface area (Å²) in [4.78, 5) is 15.2. The SMILES string of the molecule is O=C(Nc1cc(Br)c(F)cc1F)n1ccnc1. The molecule has 0 unspecified atom stereocenters. The quantitative estimate of drug-likeness (QED) is 0.823. The molecule has 0 spiro atoms. The number of halogens is 3. The molecule has 0 aliphatic carbocycles. The number of amides is 1. The van der Waals surface area contributed by atoms with Gasteiger partial charge < -0.3 is 5.32 Å². The van der Waals surface area contributed by atoms with Gasteiger partial charge in [0.1, 0.15) is 18.0 Å². The molecule has 7 heteroatoms. The van der Waals surface area contributed by atoms with Gasteiger partial charge in [-0.25, -0.2) is 18.6 Å². The van der Waals surface area contributed by atoms with Crippen molar-refractivity contribution in [3.63, 3.8) is 0 Å². The van der Waals surface area contributed by atoms with Gasteiger partial charge in [0.25, 0.3) is 0 Å². The van der Waals surface area contributed by atoms with Crippen LogP contribution in [0, 0.1) is 11.6 Å². The zero-order valence-electron chi connectivity index (χ0n) is 8.32. The molecule has 2 aromatic rings. The average molecular weight is 302 g/mol. The number of nitrogens with one attached hydrogen (secondary N) is 1. The molecular weight excluding hydrogens is 296 g/mol. The van der Waals surface area contributed by atoms with Crippen molar-refractivity contribution in [1.29, 1.82) is 0 Å². The molecule has 1 aromatic heterocycles. The van der Waals surface area contributed by atoms with Gasteiger partial charge in [-0.2, -0.15) is 0 Å². The Morgan fingerprint density at radius 1 is 1.35 bits per heavy atom. The number of hydrogen-bond acceptors (Lipinski definition) is 2. The van der Waals surface area contributed by atoms with Crippen LogP contribution >= 0.6 is 15.9 Å². The molecule has 1 heterocycles. The molecule has 0 aliphatic heterocycles. The molecule has 0 fully saturated rings. The molecular formula is C10H6BrF2N3O. The number of carbonyl (C=O) groups excluding carboxylic acids is 1. The van der Waals surface area contributed by atoms with E-state index in [0.717, 1.165) is 10.6 Å². The second-order valence-corrected chi connectivity index (χ2v) is 4.00. The molecule has 0 bridgehead atoms. The molecule has 0 radical (unpaired) electrons. The predicted octanol–water partition coefficient (Wildman–Crippen LogP) is 3.00. The van der Waals surface area contributed by atoms with Gasteiger partial charge in [0, 0.05) is 18.5 Å². The van der Waals surface area contributed by atoms with Gasteiger partial charge in [0.2, 0.25) is 0 Å². The Morgan fingerprint density at radius 3 is 2.76 bits per heavy atom. The lowest BCUT2D eigenvalue weighted by Crippen LogP contribution is -2.18. The van der Waals surface area contributed by atoms with Gasteiger partial charge in [0.05, 0.1) is 10.2 Å². The summed E-state index contributed by atoms with van der Waals surface area (Å²) >= 11 is 2.91. The van der Waals surface area contributed by atoms with E-state index in [-0.39, 0.29) is 10.2 Å². The third kappa shape index (κ3) is 2.50. The van der Waals surface area contributed by atoms with Gasteiger partial charge in [-0.1, -0.05) is 0 Å². The third-order valence-electron chi connectivity index (χ3n) is 1.99. The van der Waals surface area contributed by atoms with Crippen molar-refractivity contribution in [2.75, 3.05) is 5.32 Å². The molecule has 1 aromatic carbocycles. The highest BCUT2D eigenvalue weighted by Gasteiger charge is 2.11. The Kier molecular flexibility index (Phi) is 3.19. The Bertz CT molecular complexity index is 557. The van der Waals surface area contributed by atoms with Gasteiger partial charge >= 0.3 is 6.03 Å². The number of aromatic nitrogens is 2. The fourth-order valence-electron chi connectivity index (χ4n) is 1.18. The topological polar surface area (TPSA) is 46.9 Å². The van der Waals surface area contributed by atoms with Crippen LogP contribution in [0.3, 0.4) is 0 Å². The molecule has 2 rings (SSSR count). The summed E-state index contributed by atoms with van der Waals surface area (Å²) in [5.74, 6) is -1.58. The molecule has 0 atom stereocenters. The number of carbonyl (C=O) groups is 1. The summed E-state index contributed by atoms with van der Waals surface area (Å²) in [6, 6.07) is 1.26. The highest BCUT2D eigenvalue weighted by atomic mass is 79.9. The summed E-state index contributed by atoms with van der Waals surface area (Å²) in [6.07, 6.45) is 4.09. The van der Waals surface area contributed by atoms with E-state index in [4.69, 9.17) is 0 Å². The molecule has 0 saturated heterocycles. The lowest BCUT2D eigenvalue weighted by atomic mass is 10.3. The molecule has 17 heavy (non-hydrogen) atoms. The van der Waals surface area contributed by atoms with Crippen molar-refractivity contribution >= 4 is 27.6 Å². The first-order chi connectivity index (χ1) is 8.08. The van der Waals surface area contributed by atoms with Gasteiger partial charge in [-0.3, -0.25) is 4.57 Å². The average Bonchev–Trinajstić information content (AvgIpc) is 2.79. The summed E-state index contributed by atoms with van der Waals surface area (Å²) < 4.78 is 27.5. The van der Waals surface area contributed by atoms with Crippen LogP contribution < -0.4 is 5.32 Å². The third-order valence-corrected chi connectivity index (χ3v) is 2.60. The minimum Gasteiger partial charge on any atom is -0.304 e. The maximum absolute atomic E-state index is 13.3. The fourth-order valence-corrected chi connectivity index (χ4v) is 1.52. The highest BCUT2D eigenvalue weighted by molar-refractivity contribution is 9.10. The van der Waals surface area contributed by atoms with Gasteiger partial charge in [0.15, 0.2) is 0 Å². The van der Waals surface area contributed by atoms with Crippen LogP contribution in [0.15, 0.2) is 35.3 Å². The lowest BCUT2D eigenvalue weighted by molar-refractivity contribution is 0.253. The van der Waals surface area contributed by atoms with E-state index in [1.165, 1.54) is 18.7 Å².